The molecule has 2 heterocycles. The van der Waals surface area contributed by atoms with Crippen molar-refractivity contribution in [3.05, 3.63) is 182 Å². The molecule has 0 radical (unpaired) electrons. The Morgan fingerprint density at radius 3 is 1.61 bits per heavy atom. The Morgan fingerprint density at radius 1 is 0.556 bits per heavy atom. The quantitative estimate of drug-likeness (QED) is 0.116. The van der Waals surface area contributed by atoms with Gasteiger partial charge in [0.2, 0.25) is 0 Å². The zero-order valence-electron chi connectivity index (χ0n) is 31.3. The van der Waals surface area contributed by atoms with Crippen LogP contribution in [0.5, 0.6) is 0 Å². The summed E-state index contributed by atoms with van der Waals surface area (Å²) < 4.78 is 19.4. The molecular formula is C48H44BNO3Si. The first-order chi connectivity index (χ1) is 26.2. The Morgan fingerprint density at radius 2 is 1.06 bits per heavy atom. The average Bonchev–Trinajstić information content (AvgIpc) is 3.68. The highest BCUT2D eigenvalue weighted by Crippen LogP contribution is 2.43. The number of allylic oxidation sites excluding steroid dienone is 3. The average molecular weight is 722 g/mol. The number of hydrogen-bond acceptors (Lipinski definition) is 4. The molecule has 4 nitrogen and oxygen atoms in total. The third-order valence-corrected chi connectivity index (χ3v) is 16.6. The Kier molecular flexibility index (Phi) is 8.58. The van der Waals surface area contributed by atoms with E-state index in [4.69, 9.17) is 13.7 Å². The second-order valence-electron chi connectivity index (χ2n) is 15.5. The maximum Gasteiger partial charge on any atom is 0.465 e. The van der Waals surface area contributed by atoms with Gasteiger partial charge in [-0.25, -0.2) is 0 Å². The standard InChI is InChI=1S/C48H44BNO3Si/c1-47(2)48(3,4)53-49(52-47)35-24-26-36(27-25-35)50(38-30-33-44-43-22-14-15-23-45(43)51-46(44)34-38)37-28-31-42(32-29-37)54(39-16-8-5-9-17-39,40-18-10-6-11-19-40)41-20-12-7-13-21-41/h5-24,26-35H,25H2,1-4H3. The number of fused-ring (bicyclic) bond motifs is 3. The number of rotatable bonds is 8. The molecule has 6 heteroatoms. The molecule has 1 aromatic heterocycles. The number of para-hydroxylation sites is 1. The van der Waals surface area contributed by atoms with Gasteiger partial charge in [-0.3, -0.25) is 0 Å². The Labute approximate surface area is 319 Å². The van der Waals surface area contributed by atoms with E-state index in [1.165, 1.54) is 20.7 Å². The summed E-state index contributed by atoms with van der Waals surface area (Å²) in [6, 6.07) is 57.4. The highest BCUT2D eigenvalue weighted by atomic mass is 28.3. The zero-order chi connectivity index (χ0) is 36.9. The van der Waals surface area contributed by atoms with Gasteiger partial charge in [0.05, 0.1) is 11.2 Å². The van der Waals surface area contributed by atoms with Crippen molar-refractivity contribution >= 4 is 69.3 Å². The van der Waals surface area contributed by atoms with E-state index >= 15 is 0 Å². The normalized spacial score (nSPS) is 17.9. The smallest absolute Gasteiger partial charge is 0.456 e. The molecule has 0 N–H and O–H groups in total. The van der Waals surface area contributed by atoms with Gasteiger partial charge in [-0.1, -0.05) is 133 Å². The predicted molar refractivity (Wildman–Crippen MR) is 228 cm³/mol. The zero-order valence-corrected chi connectivity index (χ0v) is 32.3. The van der Waals surface area contributed by atoms with Crippen LogP contribution in [0.3, 0.4) is 0 Å². The molecule has 54 heavy (non-hydrogen) atoms. The third-order valence-electron chi connectivity index (χ3n) is 11.8. The van der Waals surface area contributed by atoms with Crippen LogP contribution >= 0.6 is 0 Å². The number of furan rings is 1. The minimum atomic E-state index is -2.67. The van der Waals surface area contributed by atoms with Gasteiger partial charge in [-0.2, -0.15) is 0 Å². The topological polar surface area (TPSA) is 34.8 Å². The molecule has 1 aliphatic carbocycles. The van der Waals surface area contributed by atoms with Crippen molar-refractivity contribution in [2.75, 3.05) is 4.90 Å². The summed E-state index contributed by atoms with van der Waals surface area (Å²) in [5, 5.41) is 7.64. The van der Waals surface area contributed by atoms with E-state index < -0.39 is 8.07 Å². The number of anilines is 2. The van der Waals surface area contributed by atoms with Gasteiger partial charge < -0.3 is 18.6 Å². The molecule has 7 aromatic rings. The summed E-state index contributed by atoms with van der Waals surface area (Å²) in [5.74, 6) is 0.117. The fraction of sp³-hybridized carbons (Fsp3) is 0.167. The van der Waals surface area contributed by atoms with Crippen molar-refractivity contribution in [3.8, 4) is 0 Å². The highest BCUT2D eigenvalue weighted by Gasteiger charge is 2.53. The van der Waals surface area contributed by atoms with Crippen LogP contribution in [0, 0.1) is 0 Å². The summed E-state index contributed by atoms with van der Waals surface area (Å²) in [5.41, 5.74) is 4.24. The van der Waals surface area contributed by atoms with Gasteiger partial charge in [0.25, 0.3) is 0 Å². The number of benzene rings is 6. The summed E-state index contributed by atoms with van der Waals surface area (Å²) >= 11 is 0. The second kappa shape index (κ2) is 13.5. The Balaban J connectivity index is 1.16. The van der Waals surface area contributed by atoms with Gasteiger partial charge in [0.15, 0.2) is 8.07 Å². The molecule has 1 fully saturated rings. The molecule has 1 atom stereocenters. The van der Waals surface area contributed by atoms with Gasteiger partial charge in [-0.05, 0) is 91.3 Å². The SMILES string of the molecule is CC1(C)OB(C2C=CC(N(c3ccc([Si](c4ccccc4)(c4ccccc4)c4ccccc4)cc3)c3ccc4c(c3)oc3ccccc34)=CC2)OC1(C)C. The van der Waals surface area contributed by atoms with E-state index in [1.807, 2.05) is 12.1 Å². The van der Waals surface area contributed by atoms with Crippen LogP contribution in [0.25, 0.3) is 21.9 Å². The summed E-state index contributed by atoms with van der Waals surface area (Å²) in [6.07, 6.45) is 7.61. The summed E-state index contributed by atoms with van der Waals surface area (Å²) in [4.78, 5) is 2.35. The van der Waals surface area contributed by atoms with Crippen LogP contribution in [0.4, 0.5) is 11.4 Å². The molecule has 1 saturated heterocycles. The van der Waals surface area contributed by atoms with Crippen LogP contribution < -0.4 is 25.6 Å². The summed E-state index contributed by atoms with van der Waals surface area (Å²) in [7, 11) is -2.97. The van der Waals surface area contributed by atoms with Crippen molar-refractivity contribution < 1.29 is 13.7 Å². The second-order valence-corrected chi connectivity index (χ2v) is 19.3. The molecule has 0 spiro atoms. The van der Waals surface area contributed by atoms with E-state index in [-0.39, 0.29) is 24.1 Å². The van der Waals surface area contributed by atoms with Crippen molar-refractivity contribution in [2.24, 2.45) is 0 Å². The molecule has 9 rings (SSSR count). The molecule has 0 bridgehead atoms. The van der Waals surface area contributed by atoms with E-state index in [9.17, 15) is 0 Å². The van der Waals surface area contributed by atoms with Crippen molar-refractivity contribution in [2.45, 2.75) is 51.1 Å². The van der Waals surface area contributed by atoms with Crippen molar-refractivity contribution in [1.82, 2.24) is 0 Å². The molecule has 6 aromatic carbocycles. The molecule has 1 unspecified atom stereocenters. The molecule has 0 saturated carbocycles. The molecule has 266 valence electrons. The molecular weight excluding hydrogens is 677 g/mol. The van der Waals surface area contributed by atoms with E-state index in [0.29, 0.717) is 0 Å². The van der Waals surface area contributed by atoms with E-state index in [0.717, 1.165) is 45.4 Å². The van der Waals surface area contributed by atoms with Crippen LogP contribution in [0.2, 0.25) is 5.82 Å². The minimum absolute atomic E-state index is 0.117. The van der Waals surface area contributed by atoms with Crippen LogP contribution in [0.1, 0.15) is 34.1 Å². The highest BCUT2D eigenvalue weighted by molar-refractivity contribution is 7.19. The fourth-order valence-electron chi connectivity index (χ4n) is 8.28. The Bertz CT molecular complexity index is 2380. The maximum atomic E-state index is 6.48. The van der Waals surface area contributed by atoms with Gasteiger partial charge in [0.1, 0.15) is 11.2 Å². The fourth-order valence-corrected chi connectivity index (χ4v) is 13.0. The first-order valence-corrected chi connectivity index (χ1v) is 21.0. The molecule has 0 amide bonds. The lowest BCUT2D eigenvalue weighted by molar-refractivity contribution is 0.00578. The number of hydrogen-bond donors (Lipinski definition) is 0. The van der Waals surface area contributed by atoms with Crippen LogP contribution in [0.15, 0.2) is 186 Å². The largest absolute Gasteiger partial charge is 0.465 e. The molecule has 2 aliphatic rings. The predicted octanol–water partition coefficient (Wildman–Crippen LogP) is 9.41. The van der Waals surface area contributed by atoms with Gasteiger partial charge in [0, 0.05) is 39.7 Å². The van der Waals surface area contributed by atoms with E-state index in [1.54, 1.807) is 0 Å². The van der Waals surface area contributed by atoms with Gasteiger partial charge >= 0.3 is 7.12 Å². The number of nitrogens with zero attached hydrogens (tertiary/aromatic N) is 1. The first kappa shape index (κ1) is 34.4. The monoisotopic (exact) mass is 721 g/mol. The van der Waals surface area contributed by atoms with Gasteiger partial charge in [-0.15, -0.1) is 0 Å². The van der Waals surface area contributed by atoms with Crippen molar-refractivity contribution in [1.29, 1.82) is 0 Å². The van der Waals surface area contributed by atoms with Crippen LogP contribution in [-0.2, 0) is 9.31 Å². The van der Waals surface area contributed by atoms with Crippen molar-refractivity contribution in [3.63, 3.8) is 0 Å². The third kappa shape index (κ3) is 5.77. The molecule has 1 aliphatic heterocycles. The first-order valence-electron chi connectivity index (χ1n) is 19.0. The van der Waals surface area contributed by atoms with E-state index in [2.05, 4.69) is 196 Å². The Hall–Kier alpha value is -5.40. The van der Waals surface area contributed by atoms with Crippen LogP contribution in [-0.4, -0.2) is 26.4 Å². The lowest BCUT2D eigenvalue weighted by Crippen LogP contribution is -2.74. The lowest BCUT2D eigenvalue weighted by atomic mass is 9.68. The maximum absolute atomic E-state index is 6.48. The summed E-state index contributed by atoms with van der Waals surface area (Å²) in [6.45, 7) is 8.47. The minimum Gasteiger partial charge on any atom is -0.456 e. The lowest BCUT2D eigenvalue weighted by Gasteiger charge is -2.35.